The Bertz CT molecular complexity index is 1040. The number of halogens is 1. The molecule has 0 aliphatic heterocycles. The van der Waals surface area contributed by atoms with Crippen LogP contribution in [-0.2, 0) is 0 Å². The van der Waals surface area contributed by atoms with Crippen molar-refractivity contribution in [3.8, 4) is 11.4 Å². The van der Waals surface area contributed by atoms with Gasteiger partial charge < -0.3 is 15.4 Å². The van der Waals surface area contributed by atoms with Crippen LogP contribution >= 0.6 is 0 Å². The van der Waals surface area contributed by atoms with Crippen molar-refractivity contribution in [2.75, 3.05) is 5.32 Å². The molecule has 0 unspecified atom stereocenters. The summed E-state index contributed by atoms with van der Waals surface area (Å²) in [6.07, 6.45) is 10.4. The summed E-state index contributed by atoms with van der Waals surface area (Å²) in [4.78, 5) is 19.9. The molecule has 2 atom stereocenters. The molecule has 3 N–H and O–H groups in total. The third kappa shape index (κ3) is 2.71. The van der Waals surface area contributed by atoms with Crippen LogP contribution in [0.2, 0.25) is 0 Å². The molecule has 0 saturated heterocycles. The summed E-state index contributed by atoms with van der Waals surface area (Å²) < 4.78 is 14.5. The molecule has 3 saturated carbocycles. The van der Waals surface area contributed by atoms with E-state index < -0.39 is 5.82 Å². The predicted octanol–water partition coefficient (Wildman–Crippen LogP) is 3.84. The second-order valence-electron chi connectivity index (χ2n) is 7.74. The number of aromatic nitrogens is 5. The van der Waals surface area contributed by atoms with Gasteiger partial charge in [0, 0.05) is 35.3 Å². The monoisotopic (exact) mass is 380 g/mol. The van der Waals surface area contributed by atoms with Crippen molar-refractivity contribution in [2.45, 2.75) is 31.7 Å². The van der Waals surface area contributed by atoms with Crippen LogP contribution in [0.3, 0.4) is 0 Å². The Morgan fingerprint density at radius 2 is 1.96 bits per heavy atom. The van der Waals surface area contributed by atoms with E-state index in [0.29, 0.717) is 28.9 Å². The van der Waals surface area contributed by atoms with Crippen LogP contribution in [0.5, 0.6) is 0 Å². The molecule has 3 fully saturated rings. The highest BCUT2D eigenvalue weighted by molar-refractivity contribution is 5.90. The van der Waals surface area contributed by atoms with Gasteiger partial charge in [-0.15, -0.1) is 0 Å². The van der Waals surface area contributed by atoms with E-state index in [-0.39, 0.29) is 23.5 Å². The van der Waals surface area contributed by atoms with Crippen LogP contribution in [0, 0.1) is 23.6 Å². The molecule has 3 aromatic rings. The standard InChI is InChI=1S/C20H21FN6O/c1-10(28)16-11-2-4-12(5-3-11)17(16)26-20-15(21)8-24-19(27-20)14-7-23-18-13(14)6-22-9-25-18/h6-9,11-12,16-17,28H,1-5H2,(H,22,23,25)(H,24,26,27)/t11?,12?,16-,17-/m0/s1. The average Bonchev–Trinajstić information content (AvgIpc) is 3.14. The highest BCUT2D eigenvalue weighted by atomic mass is 19.1. The zero-order valence-electron chi connectivity index (χ0n) is 15.3. The lowest BCUT2D eigenvalue weighted by molar-refractivity contribution is 0.0759. The number of H-pyrrole nitrogens is 1. The molecule has 8 heteroatoms. The van der Waals surface area contributed by atoms with Gasteiger partial charge >= 0.3 is 0 Å². The van der Waals surface area contributed by atoms with E-state index in [2.05, 4.69) is 36.8 Å². The molecule has 0 amide bonds. The fourth-order valence-electron chi connectivity index (χ4n) is 4.94. The number of nitrogens with zero attached hydrogens (tertiary/aromatic N) is 4. The zero-order chi connectivity index (χ0) is 19.3. The molecule has 28 heavy (non-hydrogen) atoms. The third-order valence-electron chi connectivity index (χ3n) is 6.25. The van der Waals surface area contributed by atoms with E-state index in [1.165, 1.54) is 12.5 Å². The van der Waals surface area contributed by atoms with Crippen molar-refractivity contribution in [2.24, 2.45) is 17.8 Å². The lowest BCUT2D eigenvalue weighted by atomic mass is 9.61. The zero-order valence-corrected chi connectivity index (χ0v) is 15.3. The number of hydrogen-bond donors (Lipinski definition) is 3. The minimum absolute atomic E-state index is 0.0754. The predicted molar refractivity (Wildman–Crippen MR) is 103 cm³/mol. The molecule has 0 spiro atoms. The topological polar surface area (TPSA) is 99.6 Å². The largest absolute Gasteiger partial charge is 0.513 e. The third-order valence-corrected chi connectivity index (χ3v) is 6.25. The molecule has 3 aromatic heterocycles. The van der Waals surface area contributed by atoms with Gasteiger partial charge in [0.1, 0.15) is 12.0 Å². The summed E-state index contributed by atoms with van der Waals surface area (Å²) in [5.74, 6) is 0.893. The van der Waals surface area contributed by atoms with Crippen LogP contribution in [-0.4, -0.2) is 36.1 Å². The SMILES string of the molecule is C=C(O)[C@H]1C2CCC(CC2)[C@@H]1Nc1nc(-c2c[nH]c3ncncc23)ncc1F. The Kier molecular flexibility index (Phi) is 3.99. The van der Waals surface area contributed by atoms with Crippen molar-refractivity contribution >= 4 is 16.9 Å². The minimum atomic E-state index is -0.511. The van der Waals surface area contributed by atoms with E-state index in [9.17, 15) is 9.50 Å². The van der Waals surface area contributed by atoms with Gasteiger partial charge in [-0.25, -0.2) is 24.3 Å². The van der Waals surface area contributed by atoms with E-state index in [1.807, 2.05) is 0 Å². The smallest absolute Gasteiger partial charge is 0.183 e. The second kappa shape index (κ2) is 6.54. The number of aromatic amines is 1. The van der Waals surface area contributed by atoms with Gasteiger partial charge in [0.15, 0.2) is 17.5 Å². The summed E-state index contributed by atoms with van der Waals surface area (Å²) in [6, 6.07) is -0.0754. The molecule has 3 aliphatic carbocycles. The molecule has 6 rings (SSSR count). The lowest BCUT2D eigenvalue weighted by Gasteiger charge is -2.48. The number of aliphatic hydroxyl groups excluding tert-OH is 1. The summed E-state index contributed by atoms with van der Waals surface area (Å²) >= 11 is 0. The highest BCUT2D eigenvalue weighted by Gasteiger charge is 2.45. The normalized spacial score (nSPS) is 26.5. The molecular weight excluding hydrogens is 359 g/mol. The van der Waals surface area contributed by atoms with Crippen molar-refractivity contribution < 1.29 is 9.50 Å². The first-order chi connectivity index (χ1) is 13.6. The minimum Gasteiger partial charge on any atom is -0.513 e. The average molecular weight is 380 g/mol. The van der Waals surface area contributed by atoms with Gasteiger partial charge in [-0.3, -0.25) is 0 Å². The highest BCUT2D eigenvalue weighted by Crippen LogP contribution is 2.48. The Morgan fingerprint density at radius 1 is 1.18 bits per heavy atom. The maximum Gasteiger partial charge on any atom is 0.183 e. The number of hydrogen-bond acceptors (Lipinski definition) is 6. The van der Waals surface area contributed by atoms with Crippen LogP contribution < -0.4 is 5.32 Å². The Hall–Kier alpha value is -3.03. The van der Waals surface area contributed by atoms with Crippen molar-refractivity contribution in [1.82, 2.24) is 24.9 Å². The van der Waals surface area contributed by atoms with Crippen LogP contribution in [0.15, 0.2) is 37.3 Å². The molecule has 3 aliphatic rings. The summed E-state index contributed by atoms with van der Waals surface area (Å²) in [6.45, 7) is 3.78. The van der Waals surface area contributed by atoms with Gasteiger partial charge in [-0.2, -0.15) is 0 Å². The first-order valence-corrected chi connectivity index (χ1v) is 9.56. The van der Waals surface area contributed by atoms with Gasteiger partial charge in [0.05, 0.1) is 12.0 Å². The molecule has 144 valence electrons. The van der Waals surface area contributed by atoms with Crippen molar-refractivity contribution in [1.29, 1.82) is 0 Å². The number of fused-ring (bicyclic) bond motifs is 4. The fraction of sp³-hybridized carbons (Fsp3) is 0.400. The number of rotatable bonds is 4. The summed E-state index contributed by atoms with van der Waals surface area (Å²) in [7, 11) is 0. The molecule has 0 radical (unpaired) electrons. The van der Waals surface area contributed by atoms with Crippen LogP contribution in [0.25, 0.3) is 22.4 Å². The second-order valence-corrected chi connectivity index (χ2v) is 7.74. The van der Waals surface area contributed by atoms with E-state index >= 15 is 0 Å². The van der Waals surface area contributed by atoms with Crippen molar-refractivity contribution in [3.63, 3.8) is 0 Å². The first kappa shape index (κ1) is 17.1. The van der Waals surface area contributed by atoms with Gasteiger partial charge in [0.25, 0.3) is 0 Å². The first-order valence-electron chi connectivity index (χ1n) is 9.56. The maximum atomic E-state index is 14.5. The number of anilines is 1. The lowest BCUT2D eigenvalue weighted by Crippen LogP contribution is -2.49. The number of aliphatic hydroxyl groups is 1. The van der Waals surface area contributed by atoms with Crippen LogP contribution in [0.4, 0.5) is 10.2 Å². The van der Waals surface area contributed by atoms with Gasteiger partial charge in [-0.05, 0) is 37.5 Å². The molecular formula is C20H21FN6O. The molecule has 3 heterocycles. The summed E-state index contributed by atoms with van der Waals surface area (Å²) in [5.41, 5.74) is 1.39. The molecule has 0 aromatic carbocycles. The van der Waals surface area contributed by atoms with Crippen LogP contribution in [0.1, 0.15) is 25.7 Å². The van der Waals surface area contributed by atoms with Gasteiger partial charge in [-0.1, -0.05) is 6.58 Å². The molecule has 7 nitrogen and oxygen atoms in total. The Balaban J connectivity index is 1.50. The molecule has 2 bridgehead atoms. The van der Waals surface area contributed by atoms with Crippen molar-refractivity contribution in [3.05, 3.63) is 43.1 Å². The fourth-order valence-corrected chi connectivity index (χ4v) is 4.94. The van der Waals surface area contributed by atoms with Gasteiger partial charge in [0.2, 0.25) is 0 Å². The summed E-state index contributed by atoms with van der Waals surface area (Å²) in [5, 5.41) is 14.2. The Labute approximate surface area is 161 Å². The van der Waals surface area contributed by atoms with E-state index in [4.69, 9.17) is 0 Å². The Morgan fingerprint density at radius 3 is 2.75 bits per heavy atom. The maximum absolute atomic E-state index is 14.5. The number of nitrogens with one attached hydrogen (secondary N) is 2. The quantitative estimate of drug-likeness (QED) is 0.595. The van der Waals surface area contributed by atoms with E-state index in [1.54, 1.807) is 12.4 Å². The van der Waals surface area contributed by atoms with E-state index in [0.717, 1.165) is 31.1 Å².